The van der Waals surface area contributed by atoms with Gasteiger partial charge in [0.25, 0.3) is 0 Å². The molecule has 0 aliphatic rings. The van der Waals surface area contributed by atoms with Crippen LogP contribution in [0.4, 0.5) is 0 Å². The number of rotatable bonds is 1. The number of halogens is 1. The molecule has 0 aliphatic carbocycles. The van der Waals surface area contributed by atoms with Crippen LogP contribution in [-0.2, 0) is 0 Å². The Labute approximate surface area is 58.4 Å². The number of hydrogen-bond donors (Lipinski definition) is 0. The first-order chi connectivity index (χ1) is 3.27. The zero-order valence-corrected chi connectivity index (χ0v) is 6.77. The number of hydrogen-bond acceptors (Lipinski definition) is 0. The molecule has 0 unspecified atom stereocenters. The smallest absolute Gasteiger partial charge is 0.0234 e. The largest absolute Gasteiger partial charge is 0.0764 e. The molecule has 40 valence electrons. The Balaban J connectivity index is 3.46. The van der Waals surface area contributed by atoms with Crippen LogP contribution in [0.1, 0.15) is 13.8 Å². The highest BCUT2D eigenvalue weighted by molar-refractivity contribution is 14.1. The van der Waals surface area contributed by atoms with E-state index in [0.29, 0.717) is 0 Å². The highest BCUT2D eigenvalue weighted by atomic mass is 127. The second-order valence-corrected chi connectivity index (χ2v) is 2.28. The standard InChI is InChI=1S/C6H9I/c1-6(2)4-3-5-7/h3-5H,1-2H3. The maximum atomic E-state index is 2.20. The molecular formula is C6H9I. The summed E-state index contributed by atoms with van der Waals surface area (Å²) in [6, 6.07) is 0. The molecule has 0 saturated carbocycles. The molecule has 0 rings (SSSR count). The molecule has 0 bridgehead atoms. The Morgan fingerprint density at radius 1 is 1.43 bits per heavy atom. The summed E-state index contributed by atoms with van der Waals surface area (Å²) in [4.78, 5) is 0. The minimum atomic E-state index is 1.34. The first-order valence-corrected chi connectivity index (χ1v) is 3.42. The van der Waals surface area contributed by atoms with E-state index in [4.69, 9.17) is 0 Å². The predicted molar refractivity (Wildman–Crippen MR) is 42.6 cm³/mol. The lowest BCUT2D eigenvalue weighted by Crippen LogP contribution is -1.55. The van der Waals surface area contributed by atoms with Crippen LogP contribution in [0.5, 0.6) is 0 Å². The van der Waals surface area contributed by atoms with Crippen molar-refractivity contribution in [2.24, 2.45) is 0 Å². The van der Waals surface area contributed by atoms with Crippen LogP contribution in [-0.4, -0.2) is 0 Å². The molecule has 0 aromatic rings. The van der Waals surface area contributed by atoms with Crippen LogP contribution in [0.2, 0.25) is 0 Å². The quantitative estimate of drug-likeness (QED) is 0.459. The fourth-order valence-electron chi connectivity index (χ4n) is 0.229. The minimum Gasteiger partial charge on any atom is -0.0764 e. The maximum Gasteiger partial charge on any atom is -0.0234 e. The van der Waals surface area contributed by atoms with Gasteiger partial charge in [-0.1, -0.05) is 40.3 Å². The highest BCUT2D eigenvalue weighted by Crippen LogP contribution is 1.90. The SMILES string of the molecule is CC(C)=CC=CI. The third kappa shape index (κ3) is 6.21. The molecule has 0 fully saturated rings. The molecule has 0 amide bonds. The van der Waals surface area contributed by atoms with E-state index in [1.54, 1.807) is 0 Å². The normalized spacial score (nSPS) is 9.57. The molecule has 0 aromatic carbocycles. The van der Waals surface area contributed by atoms with E-state index in [9.17, 15) is 0 Å². The summed E-state index contributed by atoms with van der Waals surface area (Å²) < 4.78 is 1.99. The molecule has 0 N–H and O–H groups in total. The molecule has 7 heavy (non-hydrogen) atoms. The van der Waals surface area contributed by atoms with Gasteiger partial charge in [-0.05, 0) is 17.9 Å². The summed E-state index contributed by atoms with van der Waals surface area (Å²) >= 11 is 2.20. The Morgan fingerprint density at radius 3 is 2.14 bits per heavy atom. The van der Waals surface area contributed by atoms with Crippen molar-refractivity contribution < 1.29 is 0 Å². The van der Waals surface area contributed by atoms with E-state index in [2.05, 4.69) is 42.5 Å². The van der Waals surface area contributed by atoms with Crippen molar-refractivity contribution in [2.75, 3.05) is 0 Å². The summed E-state index contributed by atoms with van der Waals surface area (Å²) in [5.74, 6) is 0. The van der Waals surface area contributed by atoms with Gasteiger partial charge >= 0.3 is 0 Å². The van der Waals surface area contributed by atoms with E-state index in [1.165, 1.54) is 5.57 Å². The minimum absolute atomic E-state index is 1.34. The van der Waals surface area contributed by atoms with Crippen LogP contribution in [0.15, 0.2) is 21.8 Å². The molecule has 0 heterocycles. The Hall–Kier alpha value is 0.210. The zero-order chi connectivity index (χ0) is 5.70. The van der Waals surface area contributed by atoms with Gasteiger partial charge in [0.2, 0.25) is 0 Å². The average Bonchev–Trinajstić information content (AvgIpc) is 1.61. The zero-order valence-electron chi connectivity index (χ0n) is 4.61. The molecule has 0 radical (unpaired) electrons. The summed E-state index contributed by atoms with van der Waals surface area (Å²) in [6.45, 7) is 4.16. The lowest BCUT2D eigenvalue weighted by Gasteiger charge is -1.77. The van der Waals surface area contributed by atoms with Crippen molar-refractivity contribution in [2.45, 2.75) is 13.8 Å². The van der Waals surface area contributed by atoms with Gasteiger partial charge in [-0.2, -0.15) is 0 Å². The predicted octanol–water partition coefficient (Wildman–Crippen LogP) is 2.90. The van der Waals surface area contributed by atoms with E-state index in [1.807, 2.05) is 10.2 Å². The fourth-order valence-corrected chi connectivity index (χ4v) is 0.436. The van der Waals surface area contributed by atoms with Crippen molar-refractivity contribution in [3.63, 3.8) is 0 Å². The average molecular weight is 208 g/mol. The van der Waals surface area contributed by atoms with Gasteiger partial charge in [-0.3, -0.25) is 0 Å². The van der Waals surface area contributed by atoms with Gasteiger partial charge < -0.3 is 0 Å². The van der Waals surface area contributed by atoms with Gasteiger partial charge in [0.1, 0.15) is 0 Å². The van der Waals surface area contributed by atoms with Crippen molar-refractivity contribution >= 4 is 22.6 Å². The van der Waals surface area contributed by atoms with E-state index < -0.39 is 0 Å². The molecule has 1 heteroatoms. The Kier molecular flexibility index (Phi) is 4.50. The van der Waals surface area contributed by atoms with Gasteiger partial charge in [0.15, 0.2) is 0 Å². The van der Waals surface area contributed by atoms with E-state index in [-0.39, 0.29) is 0 Å². The van der Waals surface area contributed by atoms with E-state index >= 15 is 0 Å². The van der Waals surface area contributed by atoms with Crippen LogP contribution >= 0.6 is 22.6 Å². The first-order valence-electron chi connectivity index (χ1n) is 2.17. The van der Waals surface area contributed by atoms with Crippen molar-refractivity contribution in [3.05, 3.63) is 21.8 Å². The van der Waals surface area contributed by atoms with Crippen LogP contribution in [0.25, 0.3) is 0 Å². The van der Waals surface area contributed by atoms with E-state index in [0.717, 1.165) is 0 Å². The van der Waals surface area contributed by atoms with Crippen molar-refractivity contribution in [3.8, 4) is 0 Å². The number of allylic oxidation sites excluding steroid dienone is 3. The molecule has 0 spiro atoms. The molecule has 0 atom stereocenters. The van der Waals surface area contributed by atoms with Crippen molar-refractivity contribution in [1.29, 1.82) is 0 Å². The molecule has 0 saturated heterocycles. The van der Waals surface area contributed by atoms with Crippen LogP contribution in [0, 0.1) is 0 Å². The second kappa shape index (κ2) is 4.37. The monoisotopic (exact) mass is 208 g/mol. The Bertz CT molecular complexity index is 86.4. The topological polar surface area (TPSA) is 0 Å². The summed E-state index contributed by atoms with van der Waals surface area (Å²) in [5, 5.41) is 0. The summed E-state index contributed by atoms with van der Waals surface area (Å²) in [7, 11) is 0. The molecule has 0 nitrogen and oxygen atoms in total. The summed E-state index contributed by atoms with van der Waals surface area (Å²) in [5.41, 5.74) is 1.34. The fraction of sp³-hybridized carbons (Fsp3) is 0.333. The van der Waals surface area contributed by atoms with Crippen molar-refractivity contribution in [1.82, 2.24) is 0 Å². The maximum absolute atomic E-state index is 2.20. The molecular weight excluding hydrogens is 199 g/mol. The second-order valence-electron chi connectivity index (χ2n) is 1.56. The van der Waals surface area contributed by atoms with Gasteiger partial charge in [0, 0.05) is 0 Å². The van der Waals surface area contributed by atoms with Crippen LogP contribution in [0.3, 0.4) is 0 Å². The lowest BCUT2D eigenvalue weighted by atomic mass is 10.3. The van der Waals surface area contributed by atoms with Gasteiger partial charge in [-0.25, -0.2) is 0 Å². The molecule has 0 aromatic heterocycles. The Morgan fingerprint density at radius 2 is 2.00 bits per heavy atom. The molecule has 0 aliphatic heterocycles. The van der Waals surface area contributed by atoms with Gasteiger partial charge in [0.05, 0.1) is 0 Å². The summed E-state index contributed by atoms with van der Waals surface area (Å²) in [6.07, 6.45) is 4.10. The first kappa shape index (κ1) is 7.21. The lowest BCUT2D eigenvalue weighted by molar-refractivity contribution is 1.40. The third-order valence-electron chi connectivity index (χ3n) is 0.502. The highest BCUT2D eigenvalue weighted by Gasteiger charge is 1.65. The third-order valence-corrected chi connectivity index (χ3v) is 0.918. The van der Waals surface area contributed by atoms with Crippen LogP contribution < -0.4 is 0 Å². The van der Waals surface area contributed by atoms with Gasteiger partial charge in [-0.15, -0.1) is 0 Å².